The summed E-state index contributed by atoms with van der Waals surface area (Å²) in [6.07, 6.45) is 2.19. The lowest BCUT2D eigenvalue weighted by atomic mass is 9.80. The predicted molar refractivity (Wildman–Crippen MR) is 50.9 cm³/mol. The Morgan fingerprint density at radius 1 is 1.18 bits per heavy atom. The normalized spacial score (nSPS) is 10.5. The van der Waals surface area contributed by atoms with Crippen LogP contribution in [0.1, 0.15) is 40.0 Å². The van der Waals surface area contributed by atoms with E-state index >= 15 is 0 Å². The number of rotatable bonds is 4. The van der Waals surface area contributed by atoms with Gasteiger partial charge in [-0.2, -0.15) is 0 Å². The Bertz CT molecular complexity index is 111. The number of hydrogen-bond donors (Lipinski definition) is 1. The summed E-state index contributed by atoms with van der Waals surface area (Å²) in [5.41, 5.74) is -0.458. The molecule has 0 radical (unpaired) electrons. The van der Waals surface area contributed by atoms with Crippen LogP contribution in [0.3, 0.4) is 0 Å². The smallest absolute Gasteiger partial charge is 0.309 e. The Kier molecular flexibility index (Phi) is 6.95. The van der Waals surface area contributed by atoms with Crippen LogP contribution in [0.15, 0.2) is 0 Å². The molecule has 0 aliphatic heterocycles. The summed E-state index contributed by atoms with van der Waals surface area (Å²) in [6.45, 7) is 5.80. The molecule has 0 atom stereocenters. The number of carboxylic acid groups (broad SMARTS) is 1. The highest BCUT2D eigenvalue weighted by Crippen LogP contribution is 2.30. The second-order valence-corrected chi connectivity index (χ2v) is 2.65. The average Bonchev–Trinajstić information content (AvgIpc) is 1.92. The van der Waals surface area contributed by atoms with E-state index < -0.39 is 11.4 Å². The summed E-state index contributed by atoms with van der Waals surface area (Å²) < 4.78 is 0. The molecule has 11 heavy (non-hydrogen) atoms. The maximum Gasteiger partial charge on any atom is 0.309 e. The predicted octanol–water partition coefficient (Wildman–Crippen LogP) is 1.10. The fourth-order valence-corrected chi connectivity index (χ4v) is 1.20. The van der Waals surface area contributed by atoms with Gasteiger partial charge < -0.3 is 5.11 Å². The molecule has 0 amide bonds. The van der Waals surface area contributed by atoms with E-state index in [0.29, 0.717) is 0 Å². The van der Waals surface area contributed by atoms with E-state index in [2.05, 4.69) is 0 Å². The molecule has 0 heterocycles. The van der Waals surface area contributed by atoms with Crippen molar-refractivity contribution in [3.05, 3.63) is 0 Å². The lowest BCUT2D eigenvalue weighted by molar-refractivity contribution is -0.149. The zero-order chi connectivity index (χ0) is 8.20. The van der Waals surface area contributed by atoms with Crippen LogP contribution < -0.4 is 0 Å². The van der Waals surface area contributed by atoms with Crippen molar-refractivity contribution >= 4 is 23.3 Å². The van der Waals surface area contributed by atoms with Crippen LogP contribution in [-0.2, 0) is 4.79 Å². The van der Waals surface area contributed by atoms with Crippen molar-refractivity contribution in [1.29, 1.82) is 0 Å². The highest BCUT2D eigenvalue weighted by molar-refractivity contribution is 5.75. The van der Waals surface area contributed by atoms with Gasteiger partial charge in [-0.25, -0.2) is 0 Å². The molecular weight excluding hydrogens is 155 g/mol. The molecule has 1 N–H and O–H groups in total. The zero-order valence-corrected chi connectivity index (χ0v) is 6.98. The van der Waals surface area contributed by atoms with E-state index in [0.717, 1.165) is 19.3 Å². The number of aliphatic carboxylic acids is 1. The standard InChI is InChI=1S/C8H16O2.Al.3H/c1-4-8(5-2,6-3)7(9)10;;;;/h4-6H2,1-3H3,(H,9,10);;;;. The van der Waals surface area contributed by atoms with E-state index in [1.165, 1.54) is 0 Å². The van der Waals surface area contributed by atoms with Gasteiger partial charge in [0.1, 0.15) is 0 Å². The number of carbonyl (C=O) groups is 1. The first-order valence-corrected chi connectivity index (χ1v) is 3.86. The molecule has 0 bridgehead atoms. The minimum atomic E-state index is -0.653. The molecule has 0 aliphatic rings. The Morgan fingerprint density at radius 3 is 1.45 bits per heavy atom. The molecule has 0 saturated heterocycles. The third-order valence-electron chi connectivity index (χ3n) is 2.48. The molecule has 0 aromatic rings. The molecule has 0 rings (SSSR count). The van der Waals surface area contributed by atoms with Gasteiger partial charge in [-0.05, 0) is 19.3 Å². The molecular formula is C8H19AlO2. The molecule has 2 nitrogen and oxygen atoms in total. The Morgan fingerprint density at radius 2 is 1.45 bits per heavy atom. The summed E-state index contributed by atoms with van der Waals surface area (Å²) in [5.74, 6) is -0.653. The molecule has 0 aliphatic carbocycles. The Balaban J connectivity index is 0. The van der Waals surface area contributed by atoms with Gasteiger partial charge >= 0.3 is 5.97 Å². The van der Waals surface area contributed by atoms with Gasteiger partial charge in [-0.3, -0.25) is 4.79 Å². The summed E-state index contributed by atoms with van der Waals surface area (Å²) in [6, 6.07) is 0. The van der Waals surface area contributed by atoms with Crippen LogP contribution in [0.25, 0.3) is 0 Å². The Hall–Kier alpha value is 0.00247. The molecule has 0 spiro atoms. The number of hydrogen-bond acceptors (Lipinski definition) is 1. The summed E-state index contributed by atoms with van der Waals surface area (Å²) in [4.78, 5) is 10.7. The van der Waals surface area contributed by atoms with Crippen LogP contribution in [-0.4, -0.2) is 28.4 Å². The van der Waals surface area contributed by atoms with Crippen molar-refractivity contribution in [3.63, 3.8) is 0 Å². The average molecular weight is 174 g/mol. The van der Waals surface area contributed by atoms with Crippen molar-refractivity contribution in [1.82, 2.24) is 0 Å². The van der Waals surface area contributed by atoms with Gasteiger partial charge in [-0.1, -0.05) is 20.8 Å². The maximum atomic E-state index is 10.7. The molecule has 0 aromatic carbocycles. The van der Waals surface area contributed by atoms with Gasteiger partial charge in [-0.15, -0.1) is 0 Å². The second kappa shape index (κ2) is 5.63. The van der Waals surface area contributed by atoms with E-state index in [4.69, 9.17) is 5.11 Å². The molecule has 0 saturated carbocycles. The molecule has 0 unspecified atom stereocenters. The van der Waals surface area contributed by atoms with Crippen LogP contribution in [0.5, 0.6) is 0 Å². The van der Waals surface area contributed by atoms with Crippen LogP contribution in [0.4, 0.5) is 0 Å². The molecule has 66 valence electrons. The first-order valence-electron chi connectivity index (χ1n) is 3.86. The SMILES string of the molecule is CCC(CC)(CC)C(=O)O.[AlH3]. The zero-order valence-electron chi connectivity index (χ0n) is 6.98. The third-order valence-corrected chi connectivity index (χ3v) is 2.48. The van der Waals surface area contributed by atoms with E-state index in [1.54, 1.807) is 0 Å². The largest absolute Gasteiger partial charge is 0.481 e. The lowest BCUT2D eigenvalue weighted by Crippen LogP contribution is -2.28. The van der Waals surface area contributed by atoms with Crippen molar-refractivity contribution in [2.75, 3.05) is 0 Å². The molecule has 0 aromatic heterocycles. The van der Waals surface area contributed by atoms with Crippen molar-refractivity contribution < 1.29 is 9.90 Å². The summed E-state index contributed by atoms with van der Waals surface area (Å²) in [5, 5.41) is 8.82. The van der Waals surface area contributed by atoms with Gasteiger partial charge in [0.2, 0.25) is 0 Å². The topological polar surface area (TPSA) is 37.3 Å². The van der Waals surface area contributed by atoms with E-state index in [-0.39, 0.29) is 17.4 Å². The van der Waals surface area contributed by atoms with E-state index in [9.17, 15) is 4.79 Å². The fraction of sp³-hybridized carbons (Fsp3) is 0.875. The van der Waals surface area contributed by atoms with Gasteiger partial charge in [0.25, 0.3) is 0 Å². The van der Waals surface area contributed by atoms with Crippen LogP contribution in [0, 0.1) is 5.41 Å². The van der Waals surface area contributed by atoms with Crippen molar-refractivity contribution in [2.24, 2.45) is 5.41 Å². The van der Waals surface area contributed by atoms with Crippen molar-refractivity contribution in [3.8, 4) is 0 Å². The number of carboxylic acids is 1. The minimum Gasteiger partial charge on any atom is -0.481 e. The molecule has 0 fully saturated rings. The molecule has 3 heteroatoms. The summed E-state index contributed by atoms with van der Waals surface area (Å²) >= 11 is 0. The Labute approximate surface area is 79.1 Å². The highest BCUT2D eigenvalue weighted by Gasteiger charge is 2.32. The lowest BCUT2D eigenvalue weighted by Gasteiger charge is -2.24. The third kappa shape index (κ3) is 2.85. The quantitative estimate of drug-likeness (QED) is 0.648. The monoisotopic (exact) mass is 174 g/mol. The summed E-state index contributed by atoms with van der Waals surface area (Å²) in [7, 11) is 0. The highest BCUT2D eigenvalue weighted by atomic mass is 27.0. The minimum absolute atomic E-state index is 0. The fourth-order valence-electron chi connectivity index (χ4n) is 1.20. The van der Waals surface area contributed by atoms with Gasteiger partial charge in [0, 0.05) is 0 Å². The first-order chi connectivity index (χ1) is 4.63. The van der Waals surface area contributed by atoms with Crippen LogP contribution >= 0.6 is 0 Å². The van der Waals surface area contributed by atoms with Crippen molar-refractivity contribution in [2.45, 2.75) is 40.0 Å². The maximum absolute atomic E-state index is 10.7. The second-order valence-electron chi connectivity index (χ2n) is 2.65. The first kappa shape index (κ1) is 13.6. The van der Waals surface area contributed by atoms with Gasteiger partial charge in [0.05, 0.1) is 5.41 Å². The van der Waals surface area contributed by atoms with E-state index in [1.807, 2.05) is 20.8 Å². The van der Waals surface area contributed by atoms with Crippen LogP contribution in [0.2, 0.25) is 0 Å². The van der Waals surface area contributed by atoms with Gasteiger partial charge in [0.15, 0.2) is 17.4 Å².